The highest BCUT2D eigenvalue weighted by Crippen LogP contribution is 2.38. The first-order chi connectivity index (χ1) is 13.7. The predicted molar refractivity (Wildman–Crippen MR) is 111 cm³/mol. The van der Waals surface area contributed by atoms with Gasteiger partial charge >= 0.3 is 0 Å². The van der Waals surface area contributed by atoms with Crippen molar-refractivity contribution >= 4 is 17.7 Å². The molecule has 1 aliphatic carbocycles. The van der Waals surface area contributed by atoms with E-state index >= 15 is 0 Å². The third-order valence-electron chi connectivity index (χ3n) is 4.82. The number of hydrogen-bond acceptors (Lipinski definition) is 4. The maximum absolute atomic E-state index is 13.2. The van der Waals surface area contributed by atoms with E-state index in [1.807, 2.05) is 48.2 Å². The van der Waals surface area contributed by atoms with Crippen molar-refractivity contribution in [3.8, 4) is 0 Å². The molecule has 0 radical (unpaired) electrons. The summed E-state index contributed by atoms with van der Waals surface area (Å²) in [4.78, 5) is 19.7. The number of hydrogen-bond donors (Lipinski definition) is 1. The number of nitrogens with one attached hydrogen (secondary N) is 1. The van der Waals surface area contributed by atoms with E-state index in [1.54, 1.807) is 0 Å². The molecule has 1 unspecified atom stereocenters. The third kappa shape index (κ3) is 4.81. The molecule has 0 aliphatic heterocycles. The van der Waals surface area contributed by atoms with Crippen LogP contribution in [0.15, 0.2) is 65.8 Å². The molecule has 5 nitrogen and oxygen atoms in total. The molecule has 1 saturated carbocycles. The van der Waals surface area contributed by atoms with Crippen LogP contribution in [0.1, 0.15) is 42.6 Å². The van der Waals surface area contributed by atoms with Crippen molar-refractivity contribution in [2.24, 2.45) is 0 Å². The molecule has 1 aromatic heterocycles. The van der Waals surface area contributed by atoms with E-state index in [1.165, 1.54) is 24.6 Å². The predicted octanol–water partition coefficient (Wildman–Crippen LogP) is 4.39. The molecule has 1 heterocycles. The summed E-state index contributed by atoms with van der Waals surface area (Å²) in [6.07, 6.45) is 2.35. The molecule has 1 fully saturated rings. The van der Waals surface area contributed by atoms with Gasteiger partial charge < -0.3 is 4.90 Å². The Labute approximate surface area is 169 Å². The van der Waals surface area contributed by atoms with Crippen LogP contribution in [0.5, 0.6) is 0 Å². The van der Waals surface area contributed by atoms with Crippen LogP contribution < -0.4 is 0 Å². The second-order valence-electron chi connectivity index (χ2n) is 7.20. The summed E-state index contributed by atoms with van der Waals surface area (Å²) >= 11 is 1.42. The van der Waals surface area contributed by atoms with Gasteiger partial charge in [0.25, 0.3) is 0 Å². The Balaban J connectivity index is 1.47. The molecule has 6 heteroatoms. The van der Waals surface area contributed by atoms with E-state index in [0.29, 0.717) is 24.2 Å². The largest absolute Gasteiger partial charge is 0.333 e. The SMILES string of the molecule is CC(Sc1n[nH]c(C2CC2)n1)C(=O)N(Cc1ccccc1)Cc1ccccc1. The van der Waals surface area contributed by atoms with E-state index in [2.05, 4.69) is 39.4 Å². The third-order valence-corrected chi connectivity index (χ3v) is 5.77. The van der Waals surface area contributed by atoms with Crippen LogP contribution in [-0.4, -0.2) is 31.2 Å². The quantitative estimate of drug-likeness (QED) is 0.578. The van der Waals surface area contributed by atoms with E-state index in [9.17, 15) is 4.79 Å². The number of thioether (sulfide) groups is 1. The molecular weight excluding hydrogens is 368 g/mol. The van der Waals surface area contributed by atoms with Crippen LogP contribution in [0.25, 0.3) is 0 Å². The minimum Gasteiger partial charge on any atom is -0.333 e. The molecule has 2 aromatic carbocycles. The first-order valence-electron chi connectivity index (χ1n) is 9.64. The van der Waals surface area contributed by atoms with Gasteiger partial charge in [0, 0.05) is 19.0 Å². The fraction of sp³-hybridized carbons (Fsp3) is 0.318. The molecule has 4 rings (SSSR count). The lowest BCUT2D eigenvalue weighted by atomic mass is 10.1. The fourth-order valence-corrected chi connectivity index (χ4v) is 3.95. The van der Waals surface area contributed by atoms with Gasteiger partial charge in [0.2, 0.25) is 11.1 Å². The molecule has 28 heavy (non-hydrogen) atoms. The standard InChI is InChI=1S/C22H24N4OS/c1-16(28-22-23-20(24-25-22)19-12-13-19)21(27)26(14-17-8-4-2-5-9-17)15-18-10-6-3-7-11-18/h2-11,16,19H,12-15H2,1H3,(H,23,24,25). The maximum Gasteiger partial charge on any atom is 0.236 e. The first kappa shape index (κ1) is 18.7. The Kier molecular flexibility index (Phi) is 5.76. The first-order valence-corrected chi connectivity index (χ1v) is 10.5. The second kappa shape index (κ2) is 8.61. The zero-order chi connectivity index (χ0) is 19.3. The van der Waals surface area contributed by atoms with Crippen molar-refractivity contribution in [2.75, 3.05) is 0 Å². The Morgan fingerprint density at radius 3 is 2.18 bits per heavy atom. The molecule has 3 aromatic rings. The number of carbonyl (C=O) groups is 1. The number of aromatic nitrogens is 3. The molecule has 0 spiro atoms. The number of amides is 1. The smallest absolute Gasteiger partial charge is 0.236 e. The van der Waals surface area contributed by atoms with Gasteiger partial charge in [0.05, 0.1) is 5.25 Å². The number of H-pyrrole nitrogens is 1. The van der Waals surface area contributed by atoms with Crippen molar-refractivity contribution in [3.63, 3.8) is 0 Å². The number of aromatic amines is 1. The van der Waals surface area contributed by atoms with Crippen molar-refractivity contribution in [2.45, 2.75) is 49.2 Å². The average molecular weight is 393 g/mol. The maximum atomic E-state index is 13.2. The van der Waals surface area contributed by atoms with Crippen molar-refractivity contribution in [1.82, 2.24) is 20.1 Å². The number of benzene rings is 2. The van der Waals surface area contributed by atoms with E-state index in [-0.39, 0.29) is 11.2 Å². The Morgan fingerprint density at radius 1 is 1.07 bits per heavy atom. The zero-order valence-corrected chi connectivity index (χ0v) is 16.7. The lowest BCUT2D eigenvalue weighted by molar-refractivity contribution is -0.131. The average Bonchev–Trinajstić information content (AvgIpc) is 3.48. The molecule has 1 N–H and O–H groups in total. The summed E-state index contributed by atoms with van der Waals surface area (Å²) in [7, 11) is 0. The van der Waals surface area contributed by atoms with Gasteiger partial charge in [-0.3, -0.25) is 9.89 Å². The highest BCUT2D eigenvalue weighted by molar-refractivity contribution is 8.00. The van der Waals surface area contributed by atoms with Crippen LogP contribution in [0.4, 0.5) is 0 Å². The fourth-order valence-electron chi connectivity index (χ4n) is 3.14. The summed E-state index contributed by atoms with van der Waals surface area (Å²) in [5, 5.41) is 7.70. The normalized spacial score (nSPS) is 14.6. The number of rotatable bonds is 8. The van der Waals surface area contributed by atoms with Gasteiger partial charge in [-0.05, 0) is 30.9 Å². The van der Waals surface area contributed by atoms with Gasteiger partial charge in [-0.1, -0.05) is 72.4 Å². The number of nitrogens with zero attached hydrogens (tertiary/aromatic N) is 3. The van der Waals surface area contributed by atoms with Gasteiger partial charge in [-0.2, -0.15) is 0 Å². The Morgan fingerprint density at radius 2 is 1.64 bits per heavy atom. The highest BCUT2D eigenvalue weighted by Gasteiger charge is 2.28. The van der Waals surface area contributed by atoms with Crippen molar-refractivity contribution in [1.29, 1.82) is 0 Å². The van der Waals surface area contributed by atoms with Crippen LogP contribution in [0.2, 0.25) is 0 Å². The summed E-state index contributed by atoms with van der Waals surface area (Å²) in [5.41, 5.74) is 2.25. The monoisotopic (exact) mass is 392 g/mol. The highest BCUT2D eigenvalue weighted by atomic mass is 32.2. The van der Waals surface area contributed by atoms with Gasteiger partial charge in [-0.15, -0.1) is 5.10 Å². The lowest BCUT2D eigenvalue weighted by Crippen LogP contribution is -2.35. The van der Waals surface area contributed by atoms with Gasteiger partial charge in [-0.25, -0.2) is 4.98 Å². The zero-order valence-electron chi connectivity index (χ0n) is 15.9. The van der Waals surface area contributed by atoms with E-state index in [4.69, 9.17) is 0 Å². The van der Waals surface area contributed by atoms with E-state index < -0.39 is 0 Å². The Bertz CT molecular complexity index is 867. The molecule has 0 saturated heterocycles. The minimum absolute atomic E-state index is 0.0930. The van der Waals surface area contributed by atoms with Crippen LogP contribution in [0, 0.1) is 0 Å². The molecule has 1 amide bonds. The topological polar surface area (TPSA) is 61.9 Å². The van der Waals surface area contributed by atoms with Crippen LogP contribution in [0.3, 0.4) is 0 Å². The molecule has 144 valence electrons. The summed E-state index contributed by atoms with van der Waals surface area (Å²) in [6.45, 7) is 3.10. The molecule has 1 aliphatic rings. The van der Waals surface area contributed by atoms with E-state index in [0.717, 1.165) is 17.0 Å². The lowest BCUT2D eigenvalue weighted by Gasteiger charge is -2.25. The van der Waals surface area contributed by atoms with Gasteiger partial charge in [0.15, 0.2) is 0 Å². The van der Waals surface area contributed by atoms with Crippen molar-refractivity contribution in [3.05, 3.63) is 77.6 Å². The Hall–Kier alpha value is -2.60. The molecular formula is C22H24N4OS. The number of carbonyl (C=O) groups excluding carboxylic acids is 1. The second-order valence-corrected chi connectivity index (χ2v) is 8.51. The summed E-state index contributed by atoms with van der Waals surface area (Å²) < 4.78 is 0. The van der Waals surface area contributed by atoms with Gasteiger partial charge in [0.1, 0.15) is 5.82 Å². The summed E-state index contributed by atoms with van der Waals surface area (Å²) in [5.74, 6) is 1.57. The minimum atomic E-state index is -0.254. The summed E-state index contributed by atoms with van der Waals surface area (Å²) in [6, 6.07) is 20.2. The van der Waals surface area contributed by atoms with Crippen molar-refractivity contribution < 1.29 is 4.79 Å². The molecule has 0 bridgehead atoms. The molecule has 1 atom stereocenters. The van der Waals surface area contributed by atoms with Crippen LogP contribution in [-0.2, 0) is 17.9 Å². The van der Waals surface area contributed by atoms with Crippen LogP contribution >= 0.6 is 11.8 Å².